The van der Waals surface area contributed by atoms with Crippen LogP contribution >= 0.6 is 0 Å². The van der Waals surface area contributed by atoms with E-state index >= 15 is 0 Å². The highest BCUT2D eigenvalue weighted by Crippen LogP contribution is 2.27. The fraction of sp³-hybridized carbons (Fsp3) is 0.167. The quantitative estimate of drug-likeness (QED) is 0.846. The minimum Gasteiger partial charge on any atom is -0.301 e. The summed E-state index contributed by atoms with van der Waals surface area (Å²) < 4.78 is 20.5. The molecular formula is C12H12N2O2S. The maximum atomic E-state index is 11.2. The van der Waals surface area contributed by atoms with Crippen molar-refractivity contribution in [3.05, 3.63) is 42.4 Å². The lowest BCUT2D eigenvalue weighted by atomic mass is 10.0. The Morgan fingerprint density at radius 1 is 1.29 bits per heavy atom. The number of hydrogen-bond donors (Lipinski definition) is 1. The van der Waals surface area contributed by atoms with Crippen molar-refractivity contribution in [2.75, 3.05) is 0 Å². The Labute approximate surface area is 102 Å². The molecule has 2 aromatic heterocycles. The van der Waals surface area contributed by atoms with Crippen molar-refractivity contribution < 1.29 is 8.76 Å². The van der Waals surface area contributed by atoms with Gasteiger partial charge in [0.15, 0.2) is 5.03 Å². The molecule has 2 rings (SSSR count). The zero-order chi connectivity index (χ0) is 12.3. The number of pyridine rings is 2. The van der Waals surface area contributed by atoms with Crippen LogP contribution in [0.3, 0.4) is 0 Å². The Bertz CT molecular complexity index is 558. The van der Waals surface area contributed by atoms with Crippen molar-refractivity contribution >= 4 is 11.1 Å². The predicted molar refractivity (Wildman–Crippen MR) is 65.9 cm³/mol. The van der Waals surface area contributed by atoms with Crippen LogP contribution in [-0.4, -0.2) is 18.7 Å². The highest BCUT2D eigenvalue weighted by Gasteiger charge is 2.13. The van der Waals surface area contributed by atoms with Crippen LogP contribution in [0.25, 0.3) is 11.1 Å². The highest BCUT2D eigenvalue weighted by molar-refractivity contribution is 7.79. The first-order chi connectivity index (χ1) is 8.24. The average Bonchev–Trinajstić information content (AvgIpc) is 2.38. The standard InChI is InChI=1S/C12H12N2O2S/c1-2-9-8-13-7-5-10(9)11-4-3-6-14-12(11)17(15)16/h3-8H,2H2,1H3,(H,15,16). The van der Waals surface area contributed by atoms with Gasteiger partial charge in [0.1, 0.15) is 0 Å². The molecule has 0 aliphatic rings. The van der Waals surface area contributed by atoms with E-state index in [0.29, 0.717) is 5.56 Å². The molecular weight excluding hydrogens is 236 g/mol. The molecule has 0 aliphatic heterocycles. The maximum absolute atomic E-state index is 11.2. The summed E-state index contributed by atoms with van der Waals surface area (Å²) in [4.78, 5) is 8.02. The van der Waals surface area contributed by atoms with Crippen molar-refractivity contribution in [2.24, 2.45) is 0 Å². The third kappa shape index (κ3) is 2.40. The van der Waals surface area contributed by atoms with Crippen molar-refractivity contribution in [2.45, 2.75) is 18.4 Å². The van der Waals surface area contributed by atoms with E-state index in [2.05, 4.69) is 9.97 Å². The molecule has 0 fully saturated rings. The second kappa shape index (κ2) is 5.16. The topological polar surface area (TPSA) is 63.1 Å². The first-order valence-electron chi connectivity index (χ1n) is 5.23. The Morgan fingerprint density at radius 3 is 2.82 bits per heavy atom. The third-order valence-electron chi connectivity index (χ3n) is 2.51. The lowest BCUT2D eigenvalue weighted by Gasteiger charge is -2.09. The Balaban J connectivity index is 2.64. The lowest BCUT2D eigenvalue weighted by molar-refractivity contribution is 0.561. The van der Waals surface area contributed by atoms with Gasteiger partial charge in [-0.15, -0.1) is 0 Å². The molecule has 0 aromatic carbocycles. The fourth-order valence-corrected chi connectivity index (χ4v) is 2.22. The monoisotopic (exact) mass is 248 g/mol. The minimum absolute atomic E-state index is 0.188. The molecule has 0 bridgehead atoms. The van der Waals surface area contributed by atoms with Crippen LogP contribution in [0.15, 0.2) is 41.8 Å². The molecule has 5 heteroatoms. The molecule has 2 heterocycles. The summed E-state index contributed by atoms with van der Waals surface area (Å²) in [6, 6.07) is 5.39. The molecule has 1 N–H and O–H groups in total. The van der Waals surface area contributed by atoms with Crippen molar-refractivity contribution in [1.29, 1.82) is 0 Å². The van der Waals surface area contributed by atoms with Gasteiger partial charge in [0.25, 0.3) is 0 Å². The summed E-state index contributed by atoms with van der Waals surface area (Å²) in [5.41, 5.74) is 2.63. The van der Waals surface area contributed by atoms with Crippen LogP contribution < -0.4 is 0 Å². The van der Waals surface area contributed by atoms with Crippen LogP contribution in [0.2, 0.25) is 0 Å². The Kier molecular flexibility index (Phi) is 3.61. The summed E-state index contributed by atoms with van der Waals surface area (Å²) in [5, 5.41) is 0.188. The molecule has 0 spiro atoms. The Morgan fingerprint density at radius 2 is 2.12 bits per heavy atom. The fourth-order valence-electron chi connectivity index (χ4n) is 1.71. The largest absolute Gasteiger partial charge is 0.301 e. The van der Waals surface area contributed by atoms with E-state index in [9.17, 15) is 8.76 Å². The van der Waals surface area contributed by atoms with Gasteiger partial charge in [0.2, 0.25) is 11.1 Å². The van der Waals surface area contributed by atoms with Crippen LogP contribution in [0.1, 0.15) is 12.5 Å². The van der Waals surface area contributed by atoms with Gasteiger partial charge in [-0.3, -0.25) is 4.98 Å². The first-order valence-corrected chi connectivity index (χ1v) is 6.33. The van der Waals surface area contributed by atoms with Crippen molar-refractivity contribution in [3.8, 4) is 11.1 Å². The smallest absolute Gasteiger partial charge is 0.206 e. The molecule has 2 aromatic rings. The van der Waals surface area contributed by atoms with Crippen LogP contribution in [-0.2, 0) is 17.5 Å². The van der Waals surface area contributed by atoms with E-state index < -0.39 is 11.1 Å². The molecule has 0 aliphatic carbocycles. The van der Waals surface area contributed by atoms with Gasteiger partial charge in [-0.2, -0.15) is 0 Å². The Hall–Kier alpha value is -1.59. The van der Waals surface area contributed by atoms with Crippen molar-refractivity contribution in [1.82, 2.24) is 9.97 Å². The summed E-state index contributed by atoms with van der Waals surface area (Å²) in [6.07, 6.45) is 5.77. The normalized spacial score (nSPS) is 12.4. The second-order valence-electron chi connectivity index (χ2n) is 3.49. The summed E-state index contributed by atoms with van der Waals surface area (Å²) in [6.45, 7) is 2.02. The van der Waals surface area contributed by atoms with Crippen LogP contribution in [0.4, 0.5) is 0 Å². The van der Waals surface area contributed by atoms with Gasteiger partial charge in [-0.1, -0.05) is 6.92 Å². The number of rotatable bonds is 3. The van der Waals surface area contributed by atoms with E-state index in [4.69, 9.17) is 0 Å². The van der Waals surface area contributed by atoms with E-state index in [0.717, 1.165) is 17.5 Å². The molecule has 0 saturated heterocycles. The van der Waals surface area contributed by atoms with Crippen molar-refractivity contribution in [3.63, 3.8) is 0 Å². The molecule has 17 heavy (non-hydrogen) atoms. The molecule has 0 radical (unpaired) electrons. The maximum Gasteiger partial charge on any atom is 0.206 e. The van der Waals surface area contributed by atoms with Crippen LogP contribution in [0.5, 0.6) is 0 Å². The number of aryl methyl sites for hydroxylation is 1. The van der Waals surface area contributed by atoms with Gasteiger partial charge in [-0.25, -0.2) is 9.19 Å². The number of hydrogen-bond acceptors (Lipinski definition) is 3. The molecule has 0 saturated carbocycles. The van der Waals surface area contributed by atoms with Gasteiger partial charge >= 0.3 is 0 Å². The molecule has 1 atom stereocenters. The van der Waals surface area contributed by atoms with Gasteiger partial charge in [0.05, 0.1) is 0 Å². The van der Waals surface area contributed by atoms with Gasteiger partial charge in [0, 0.05) is 24.2 Å². The zero-order valence-electron chi connectivity index (χ0n) is 9.33. The van der Waals surface area contributed by atoms with Gasteiger partial charge in [-0.05, 0) is 35.7 Å². The second-order valence-corrected chi connectivity index (χ2v) is 4.38. The van der Waals surface area contributed by atoms with Gasteiger partial charge < -0.3 is 4.55 Å². The molecule has 0 amide bonds. The minimum atomic E-state index is -2.08. The predicted octanol–water partition coefficient (Wildman–Crippen LogP) is 2.29. The lowest BCUT2D eigenvalue weighted by Crippen LogP contribution is -1.98. The summed E-state index contributed by atoms with van der Waals surface area (Å²) in [5.74, 6) is 0. The first kappa shape index (κ1) is 11.9. The summed E-state index contributed by atoms with van der Waals surface area (Å²) >= 11 is -2.08. The van der Waals surface area contributed by atoms with E-state index in [1.807, 2.05) is 13.0 Å². The van der Waals surface area contributed by atoms with E-state index in [1.54, 1.807) is 24.5 Å². The molecule has 1 unspecified atom stereocenters. The van der Waals surface area contributed by atoms with E-state index in [1.165, 1.54) is 6.20 Å². The summed E-state index contributed by atoms with van der Waals surface area (Å²) in [7, 11) is 0. The molecule has 4 nitrogen and oxygen atoms in total. The third-order valence-corrected chi connectivity index (χ3v) is 3.17. The zero-order valence-corrected chi connectivity index (χ0v) is 10.1. The molecule has 88 valence electrons. The highest BCUT2D eigenvalue weighted by atomic mass is 32.2. The number of aromatic nitrogens is 2. The van der Waals surface area contributed by atoms with Crippen LogP contribution in [0, 0.1) is 0 Å². The van der Waals surface area contributed by atoms with E-state index in [-0.39, 0.29) is 5.03 Å². The number of nitrogens with zero attached hydrogens (tertiary/aromatic N) is 2. The SMILES string of the molecule is CCc1cnccc1-c1cccnc1S(=O)O. The average molecular weight is 248 g/mol.